The lowest BCUT2D eigenvalue weighted by molar-refractivity contribution is -0.125. The van der Waals surface area contributed by atoms with E-state index >= 15 is 0 Å². The first-order chi connectivity index (χ1) is 9.08. The first-order valence-corrected chi connectivity index (χ1v) is 7.85. The number of nitrogens with one attached hydrogen (secondary N) is 3. The van der Waals surface area contributed by atoms with Gasteiger partial charge in [-0.25, -0.2) is 0 Å². The molecular formula is C15H29N3O. The molecule has 2 fully saturated rings. The molecule has 0 aromatic carbocycles. The number of carbonyl (C=O) groups is 1. The molecule has 1 amide bonds. The highest BCUT2D eigenvalue weighted by Gasteiger charge is 2.31. The van der Waals surface area contributed by atoms with Crippen molar-refractivity contribution in [1.29, 1.82) is 0 Å². The van der Waals surface area contributed by atoms with Gasteiger partial charge in [-0.3, -0.25) is 4.79 Å². The number of hydrogen-bond donors (Lipinski definition) is 3. The van der Waals surface area contributed by atoms with Crippen LogP contribution >= 0.6 is 0 Å². The summed E-state index contributed by atoms with van der Waals surface area (Å²) in [4.78, 5) is 12.3. The maximum atomic E-state index is 12.3. The SMILES string of the molecule is CC1CNC(C(=O)NC2CCCCC2C(C)C)CN1. The van der Waals surface area contributed by atoms with Gasteiger partial charge in [0.25, 0.3) is 0 Å². The van der Waals surface area contributed by atoms with Crippen LogP contribution in [0.5, 0.6) is 0 Å². The molecule has 0 radical (unpaired) electrons. The molecule has 1 saturated heterocycles. The normalized spacial score (nSPS) is 36.2. The van der Waals surface area contributed by atoms with Gasteiger partial charge in [-0.05, 0) is 31.6 Å². The Labute approximate surface area is 117 Å². The summed E-state index contributed by atoms with van der Waals surface area (Å²) >= 11 is 0. The van der Waals surface area contributed by atoms with Crippen LogP contribution in [0.1, 0.15) is 46.5 Å². The lowest BCUT2D eigenvalue weighted by Crippen LogP contribution is -2.60. The Morgan fingerprint density at radius 1 is 1.16 bits per heavy atom. The predicted molar refractivity (Wildman–Crippen MR) is 78.0 cm³/mol. The van der Waals surface area contributed by atoms with E-state index in [2.05, 4.69) is 36.7 Å². The van der Waals surface area contributed by atoms with E-state index in [1.54, 1.807) is 0 Å². The molecule has 0 aromatic rings. The maximum absolute atomic E-state index is 12.3. The molecular weight excluding hydrogens is 238 g/mol. The Hall–Kier alpha value is -0.610. The lowest BCUT2D eigenvalue weighted by atomic mass is 9.78. The average molecular weight is 267 g/mol. The first-order valence-electron chi connectivity index (χ1n) is 7.85. The highest BCUT2D eigenvalue weighted by atomic mass is 16.2. The molecule has 0 aromatic heterocycles. The van der Waals surface area contributed by atoms with Gasteiger partial charge in [0.1, 0.15) is 0 Å². The third kappa shape index (κ3) is 3.93. The van der Waals surface area contributed by atoms with E-state index in [0.29, 0.717) is 23.9 Å². The van der Waals surface area contributed by atoms with Gasteiger partial charge < -0.3 is 16.0 Å². The topological polar surface area (TPSA) is 53.2 Å². The molecule has 4 heteroatoms. The van der Waals surface area contributed by atoms with E-state index in [1.165, 1.54) is 19.3 Å². The summed E-state index contributed by atoms with van der Waals surface area (Å²) in [6, 6.07) is 0.774. The van der Waals surface area contributed by atoms with Crippen molar-refractivity contribution in [3.8, 4) is 0 Å². The number of amides is 1. The first kappa shape index (κ1) is 14.8. The zero-order valence-corrected chi connectivity index (χ0v) is 12.5. The van der Waals surface area contributed by atoms with Crippen molar-refractivity contribution in [3.05, 3.63) is 0 Å². The van der Waals surface area contributed by atoms with E-state index in [4.69, 9.17) is 0 Å². The molecule has 2 rings (SSSR count). The smallest absolute Gasteiger partial charge is 0.238 e. The zero-order valence-electron chi connectivity index (χ0n) is 12.5. The fourth-order valence-electron chi connectivity index (χ4n) is 3.39. The Balaban J connectivity index is 1.86. The fourth-order valence-corrected chi connectivity index (χ4v) is 3.39. The van der Waals surface area contributed by atoms with Crippen molar-refractivity contribution < 1.29 is 4.79 Å². The van der Waals surface area contributed by atoms with E-state index < -0.39 is 0 Å². The molecule has 1 saturated carbocycles. The summed E-state index contributed by atoms with van der Waals surface area (Å²) in [6.45, 7) is 8.30. The van der Waals surface area contributed by atoms with Crippen LogP contribution in [-0.2, 0) is 4.79 Å². The number of hydrogen-bond acceptors (Lipinski definition) is 3. The minimum absolute atomic E-state index is 0.0639. The fraction of sp³-hybridized carbons (Fsp3) is 0.933. The highest BCUT2D eigenvalue weighted by molar-refractivity contribution is 5.82. The second-order valence-corrected chi connectivity index (χ2v) is 6.58. The van der Waals surface area contributed by atoms with Crippen molar-refractivity contribution in [2.75, 3.05) is 13.1 Å². The van der Waals surface area contributed by atoms with Crippen molar-refractivity contribution in [1.82, 2.24) is 16.0 Å². The summed E-state index contributed by atoms with van der Waals surface area (Å²) in [7, 11) is 0. The molecule has 2 aliphatic rings. The van der Waals surface area contributed by atoms with Crippen LogP contribution in [0.4, 0.5) is 0 Å². The second-order valence-electron chi connectivity index (χ2n) is 6.58. The quantitative estimate of drug-likeness (QED) is 0.722. The van der Waals surface area contributed by atoms with Crippen molar-refractivity contribution in [2.24, 2.45) is 11.8 Å². The molecule has 4 atom stereocenters. The molecule has 1 aliphatic heterocycles. The van der Waals surface area contributed by atoms with Crippen LogP contribution in [0.3, 0.4) is 0 Å². The second kappa shape index (κ2) is 6.71. The molecule has 3 N–H and O–H groups in total. The number of rotatable bonds is 3. The van der Waals surface area contributed by atoms with Gasteiger partial charge in [0.15, 0.2) is 0 Å². The van der Waals surface area contributed by atoms with Gasteiger partial charge >= 0.3 is 0 Å². The van der Waals surface area contributed by atoms with Crippen molar-refractivity contribution in [3.63, 3.8) is 0 Å². The van der Waals surface area contributed by atoms with E-state index in [1.807, 2.05) is 0 Å². The summed E-state index contributed by atoms with van der Waals surface area (Å²) in [5.74, 6) is 1.48. The summed E-state index contributed by atoms with van der Waals surface area (Å²) in [5, 5.41) is 9.98. The van der Waals surface area contributed by atoms with Gasteiger partial charge in [-0.2, -0.15) is 0 Å². The van der Waals surface area contributed by atoms with Gasteiger partial charge in [0.2, 0.25) is 5.91 Å². The van der Waals surface area contributed by atoms with E-state index in [0.717, 1.165) is 19.5 Å². The molecule has 4 unspecified atom stereocenters. The van der Waals surface area contributed by atoms with Gasteiger partial charge in [-0.15, -0.1) is 0 Å². The standard InChI is InChI=1S/C15H29N3O/c1-10(2)12-6-4-5-7-13(12)18-15(19)14-9-16-11(3)8-17-14/h10-14,16-17H,4-9H2,1-3H3,(H,18,19). The van der Waals surface area contributed by atoms with Gasteiger partial charge in [0, 0.05) is 25.2 Å². The monoisotopic (exact) mass is 267 g/mol. The molecule has 1 heterocycles. The Kier molecular flexibility index (Phi) is 5.22. The van der Waals surface area contributed by atoms with Crippen LogP contribution in [0.25, 0.3) is 0 Å². The highest BCUT2D eigenvalue weighted by Crippen LogP contribution is 2.30. The van der Waals surface area contributed by atoms with Gasteiger partial charge in [0.05, 0.1) is 6.04 Å². The van der Waals surface area contributed by atoms with E-state index in [-0.39, 0.29) is 11.9 Å². The maximum Gasteiger partial charge on any atom is 0.238 e. The largest absolute Gasteiger partial charge is 0.352 e. The van der Waals surface area contributed by atoms with E-state index in [9.17, 15) is 4.79 Å². The third-order valence-corrected chi connectivity index (χ3v) is 4.66. The molecule has 19 heavy (non-hydrogen) atoms. The average Bonchev–Trinajstić information content (AvgIpc) is 2.39. The molecule has 0 bridgehead atoms. The number of piperazine rings is 1. The summed E-state index contributed by atoms with van der Waals surface area (Å²) < 4.78 is 0. The lowest BCUT2D eigenvalue weighted by Gasteiger charge is -2.36. The van der Waals surface area contributed by atoms with Crippen LogP contribution in [0, 0.1) is 11.8 Å². The Morgan fingerprint density at radius 2 is 1.89 bits per heavy atom. The Bertz CT molecular complexity index is 298. The van der Waals surface area contributed by atoms with Crippen LogP contribution < -0.4 is 16.0 Å². The van der Waals surface area contributed by atoms with Gasteiger partial charge in [-0.1, -0.05) is 26.7 Å². The molecule has 0 spiro atoms. The van der Waals surface area contributed by atoms with Crippen molar-refractivity contribution >= 4 is 5.91 Å². The van der Waals surface area contributed by atoms with Crippen molar-refractivity contribution in [2.45, 2.75) is 64.6 Å². The van der Waals surface area contributed by atoms with Crippen LogP contribution in [0.15, 0.2) is 0 Å². The number of carbonyl (C=O) groups excluding carboxylic acids is 1. The minimum Gasteiger partial charge on any atom is -0.352 e. The summed E-state index contributed by atoms with van der Waals surface area (Å²) in [6.07, 6.45) is 4.97. The molecule has 1 aliphatic carbocycles. The summed E-state index contributed by atoms with van der Waals surface area (Å²) in [5.41, 5.74) is 0. The molecule has 110 valence electrons. The van der Waals surface area contributed by atoms with Crippen LogP contribution in [-0.4, -0.2) is 37.1 Å². The minimum atomic E-state index is -0.0639. The van der Waals surface area contributed by atoms with Crippen LogP contribution in [0.2, 0.25) is 0 Å². The Morgan fingerprint density at radius 3 is 2.53 bits per heavy atom. The molecule has 4 nitrogen and oxygen atoms in total. The third-order valence-electron chi connectivity index (χ3n) is 4.66. The zero-order chi connectivity index (χ0) is 13.8. The predicted octanol–water partition coefficient (Wildman–Crippen LogP) is 1.27.